The van der Waals surface area contributed by atoms with Crippen LogP contribution in [0.5, 0.6) is 0 Å². The van der Waals surface area contributed by atoms with Crippen molar-refractivity contribution in [1.82, 2.24) is 0 Å². The number of hydrogen-bond acceptors (Lipinski definition) is 7. The van der Waals surface area contributed by atoms with Gasteiger partial charge in [0.15, 0.2) is 0 Å². The van der Waals surface area contributed by atoms with E-state index in [0.717, 1.165) is 11.1 Å². The van der Waals surface area contributed by atoms with Crippen molar-refractivity contribution in [3.8, 4) is 0 Å². The van der Waals surface area contributed by atoms with Gasteiger partial charge in [-0.15, -0.1) is 0 Å². The minimum Gasteiger partial charge on any atom is -0.459 e. The first kappa shape index (κ1) is 18.2. The number of rotatable bonds is 6. The fraction of sp³-hybridized carbons (Fsp3) is 0.222. The summed E-state index contributed by atoms with van der Waals surface area (Å²) in [5.74, 6) is -1.69. The molecule has 8 heteroatoms. The highest BCUT2D eigenvalue weighted by molar-refractivity contribution is 7.75. The smallest absolute Gasteiger partial charge is 0.340 e. The summed E-state index contributed by atoms with van der Waals surface area (Å²) < 4.78 is 31.5. The molecular formula is C18H16O7S. The second kappa shape index (κ2) is 8.70. The van der Waals surface area contributed by atoms with E-state index in [2.05, 4.69) is 0 Å². The van der Waals surface area contributed by atoms with E-state index >= 15 is 0 Å². The van der Waals surface area contributed by atoms with Crippen molar-refractivity contribution in [3.05, 3.63) is 71.8 Å². The largest absolute Gasteiger partial charge is 0.459 e. The Morgan fingerprint density at radius 3 is 1.54 bits per heavy atom. The van der Waals surface area contributed by atoms with Crippen LogP contribution in [-0.2, 0) is 52.0 Å². The Balaban J connectivity index is 1.57. The number of carbonyl (C=O) groups excluding carboxylic acids is 2. The molecular weight excluding hydrogens is 360 g/mol. The van der Waals surface area contributed by atoms with Crippen LogP contribution in [0.25, 0.3) is 0 Å². The second-order valence-electron chi connectivity index (χ2n) is 5.42. The van der Waals surface area contributed by atoms with E-state index in [4.69, 9.17) is 17.8 Å². The fourth-order valence-electron chi connectivity index (χ4n) is 2.24. The predicted molar refractivity (Wildman–Crippen MR) is 90.4 cm³/mol. The van der Waals surface area contributed by atoms with Crippen LogP contribution in [0.3, 0.4) is 0 Å². The van der Waals surface area contributed by atoms with E-state index < -0.39 is 35.5 Å². The Kier molecular flexibility index (Phi) is 6.11. The van der Waals surface area contributed by atoms with Gasteiger partial charge in [-0.1, -0.05) is 60.7 Å². The van der Waals surface area contributed by atoms with Crippen LogP contribution in [0, 0.1) is 0 Å². The molecule has 1 saturated heterocycles. The molecule has 1 aliphatic heterocycles. The van der Waals surface area contributed by atoms with Crippen LogP contribution in [-0.4, -0.2) is 28.4 Å². The Hall–Kier alpha value is -2.55. The molecule has 1 aliphatic rings. The van der Waals surface area contributed by atoms with Gasteiger partial charge in [0, 0.05) is 0 Å². The minimum atomic E-state index is -2.22. The van der Waals surface area contributed by atoms with Crippen LogP contribution >= 0.6 is 0 Å². The highest BCUT2D eigenvalue weighted by Gasteiger charge is 2.47. The fourth-order valence-corrected chi connectivity index (χ4v) is 2.98. The molecule has 0 amide bonds. The van der Waals surface area contributed by atoms with E-state index in [9.17, 15) is 13.8 Å². The van der Waals surface area contributed by atoms with Crippen molar-refractivity contribution in [2.24, 2.45) is 0 Å². The van der Waals surface area contributed by atoms with Crippen molar-refractivity contribution < 1.29 is 31.6 Å². The average Bonchev–Trinajstić information content (AvgIpc) is 3.08. The number of esters is 2. The molecule has 2 aromatic rings. The summed E-state index contributed by atoms with van der Waals surface area (Å²) in [4.78, 5) is 24.4. The summed E-state index contributed by atoms with van der Waals surface area (Å²) in [7, 11) is 0. The third-order valence-electron chi connectivity index (χ3n) is 3.55. The van der Waals surface area contributed by atoms with Crippen LogP contribution in [0.2, 0.25) is 0 Å². The molecule has 7 nitrogen and oxygen atoms in total. The first-order valence-electron chi connectivity index (χ1n) is 7.80. The Bertz CT molecular complexity index is 713. The molecule has 1 heterocycles. The maximum absolute atomic E-state index is 12.2. The lowest BCUT2D eigenvalue weighted by atomic mass is 10.2. The SMILES string of the molecule is O=C(OCc1ccccc1)C1OS(=O)OC1C(=O)OCc1ccccc1. The summed E-state index contributed by atoms with van der Waals surface area (Å²) in [6, 6.07) is 18.0. The van der Waals surface area contributed by atoms with E-state index in [-0.39, 0.29) is 13.2 Å². The quantitative estimate of drug-likeness (QED) is 0.711. The van der Waals surface area contributed by atoms with Gasteiger partial charge in [-0.3, -0.25) is 0 Å². The molecule has 0 spiro atoms. The Morgan fingerprint density at radius 1 is 0.769 bits per heavy atom. The van der Waals surface area contributed by atoms with Gasteiger partial charge in [-0.25, -0.2) is 18.0 Å². The van der Waals surface area contributed by atoms with Gasteiger partial charge >= 0.3 is 23.3 Å². The number of ether oxygens (including phenoxy) is 2. The molecule has 26 heavy (non-hydrogen) atoms. The van der Waals surface area contributed by atoms with Gasteiger partial charge in [0.25, 0.3) is 0 Å². The minimum absolute atomic E-state index is 0.00203. The van der Waals surface area contributed by atoms with Crippen molar-refractivity contribution in [1.29, 1.82) is 0 Å². The predicted octanol–water partition coefficient (Wildman–Crippen LogP) is 1.84. The normalized spacial score (nSPS) is 21.9. The lowest BCUT2D eigenvalue weighted by Crippen LogP contribution is -2.39. The zero-order valence-corrected chi connectivity index (χ0v) is 14.4. The monoisotopic (exact) mass is 376 g/mol. The summed E-state index contributed by atoms with van der Waals surface area (Å²) in [5, 5.41) is 0. The van der Waals surface area contributed by atoms with E-state index in [1.807, 2.05) is 12.1 Å². The maximum atomic E-state index is 12.2. The number of carbonyl (C=O) groups is 2. The van der Waals surface area contributed by atoms with Crippen molar-refractivity contribution in [2.45, 2.75) is 25.4 Å². The van der Waals surface area contributed by atoms with Gasteiger partial charge in [-0.2, -0.15) is 4.21 Å². The molecule has 0 aliphatic carbocycles. The lowest BCUT2D eigenvalue weighted by molar-refractivity contribution is -0.165. The van der Waals surface area contributed by atoms with Gasteiger partial charge in [-0.05, 0) is 11.1 Å². The van der Waals surface area contributed by atoms with Crippen LogP contribution in [0.4, 0.5) is 0 Å². The highest BCUT2D eigenvalue weighted by atomic mass is 32.2. The van der Waals surface area contributed by atoms with Crippen LogP contribution in [0.1, 0.15) is 11.1 Å². The summed E-state index contributed by atoms with van der Waals surface area (Å²) in [5.41, 5.74) is 1.54. The highest BCUT2D eigenvalue weighted by Crippen LogP contribution is 2.21. The first-order valence-corrected chi connectivity index (χ1v) is 8.80. The van der Waals surface area contributed by atoms with Gasteiger partial charge in [0.1, 0.15) is 13.2 Å². The average molecular weight is 376 g/mol. The van der Waals surface area contributed by atoms with Crippen LogP contribution < -0.4 is 0 Å². The van der Waals surface area contributed by atoms with Crippen LogP contribution in [0.15, 0.2) is 60.7 Å². The molecule has 0 bridgehead atoms. The number of benzene rings is 2. The molecule has 0 aromatic heterocycles. The standard InChI is InChI=1S/C18H16O7S/c19-17(22-11-13-7-3-1-4-8-13)15-16(25-26(21)24-15)18(20)23-12-14-9-5-2-6-10-14/h1-10,15-16H,11-12H2. The summed E-state index contributed by atoms with van der Waals surface area (Å²) in [6.45, 7) is -0.00407. The molecule has 0 saturated carbocycles. The third-order valence-corrected chi connectivity index (χ3v) is 4.28. The van der Waals surface area contributed by atoms with E-state index in [1.54, 1.807) is 48.5 Å². The van der Waals surface area contributed by atoms with Crippen molar-refractivity contribution in [3.63, 3.8) is 0 Å². The van der Waals surface area contributed by atoms with E-state index in [1.165, 1.54) is 0 Å². The van der Waals surface area contributed by atoms with Crippen molar-refractivity contribution in [2.75, 3.05) is 0 Å². The van der Waals surface area contributed by atoms with Gasteiger partial charge < -0.3 is 9.47 Å². The molecule has 2 unspecified atom stereocenters. The number of hydrogen-bond donors (Lipinski definition) is 0. The van der Waals surface area contributed by atoms with E-state index in [0.29, 0.717) is 0 Å². The maximum Gasteiger partial charge on any atom is 0.340 e. The molecule has 136 valence electrons. The summed E-state index contributed by atoms with van der Waals surface area (Å²) >= 11 is -2.22. The molecule has 0 N–H and O–H groups in total. The van der Waals surface area contributed by atoms with Gasteiger partial charge in [0.05, 0.1) is 0 Å². The molecule has 2 atom stereocenters. The lowest BCUT2D eigenvalue weighted by Gasteiger charge is -2.14. The zero-order valence-electron chi connectivity index (χ0n) is 13.6. The molecule has 0 radical (unpaired) electrons. The Labute approximate surface area is 152 Å². The molecule has 2 aromatic carbocycles. The molecule has 1 fully saturated rings. The summed E-state index contributed by atoms with van der Waals surface area (Å²) in [6.07, 6.45) is -2.88. The van der Waals surface area contributed by atoms with Crippen molar-refractivity contribution >= 4 is 23.3 Å². The van der Waals surface area contributed by atoms with Gasteiger partial charge in [0.2, 0.25) is 12.2 Å². The second-order valence-corrected chi connectivity index (χ2v) is 6.22. The molecule has 3 rings (SSSR count). The zero-order chi connectivity index (χ0) is 18.4. The third kappa shape index (κ3) is 4.75. The first-order chi connectivity index (χ1) is 12.6. The topological polar surface area (TPSA) is 88.1 Å². The Morgan fingerprint density at radius 2 is 1.15 bits per heavy atom.